The molecule has 0 bridgehead atoms. The van der Waals surface area contributed by atoms with Gasteiger partial charge in [-0.2, -0.15) is 0 Å². The first-order valence-corrected chi connectivity index (χ1v) is 16.3. The van der Waals surface area contributed by atoms with E-state index in [1.807, 2.05) is 12.4 Å². The fourth-order valence-electron chi connectivity index (χ4n) is 6.19. The van der Waals surface area contributed by atoms with E-state index in [1.165, 1.54) is 27.8 Å². The summed E-state index contributed by atoms with van der Waals surface area (Å²) in [5.41, 5.74) is 8.16. The van der Waals surface area contributed by atoms with Gasteiger partial charge in [-0.15, -0.1) is 9.24 Å². The van der Waals surface area contributed by atoms with E-state index in [1.54, 1.807) is 24.8 Å². The molecule has 0 fully saturated rings. The molecule has 2 aromatic heterocycles. The Morgan fingerprint density at radius 1 is 0.707 bits per heavy atom. The second-order valence-electron chi connectivity index (χ2n) is 12.7. The van der Waals surface area contributed by atoms with E-state index in [9.17, 15) is 0 Å². The van der Waals surface area contributed by atoms with Crippen LogP contribution in [0.2, 0.25) is 0 Å². The van der Waals surface area contributed by atoms with Crippen LogP contribution in [0.15, 0.2) is 115 Å². The maximum atomic E-state index is 4.87. The first-order chi connectivity index (χ1) is 19.5. The van der Waals surface area contributed by atoms with Crippen molar-refractivity contribution in [1.29, 1.82) is 0 Å². The van der Waals surface area contributed by atoms with Crippen molar-refractivity contribution in [2.24, 2.45) is 0 Å². The molecule has 2 heterocycles. The maximum Gasteiger partial charge on any atom is 0.0964 e. The van der Waals surface area contributed by atoms with E-state index in [-0.39, 0.29) is 16.2 Å². The van der Waals surface area contributed by atoms with Gasteiger partial charge in [0.1, 0.15) is 0 Å². The van der Waals surface area contributed by atoms with Gasteiger partial charge in [-0.3, -0.25) is 19.9 Å². The van der Waals surface area contributed by atoms with Crippen LogP contribution in [0.3, 0.4) is 0 Å². The number of benzene rings is 2. The number of rotatable bonds is 7. The molecule has 0 radical (unpaired) electrons. The van der Waals surface area contributed by atoms with E-state index in [4.69, 9.17) is 9.97 Å². The molecule has 0 saturated heterocycles. The summed E-state index contributed by atoms with van der Waals surface area (Å²) >= 11 is 0. The Labute approximate surface area is 248 Å². The Hall–Kier alpha value is -3.06. The molecule has 4 nitrogen and oxygen atoms in total. The lowest BCUT2D eigenvalue weighted by molar-refractivity contribution is 0.703. The van der Waals surface area contributed by atoms with Crippen molar-refractivity contribution in [1.82, 2.24) is 19.9 Å². The first-order valence-electron chi connectivity index (χ1n) is 14.2. The fraction of sp³-hybridized carbons (Fsp3) is 0.314. The summed E-state index contributed by atoms with van der Waals surface area (Å²) in [6, 6.07) is 21.8. The highest BCUT2D eigenvalue weighted by Gasteiger charge is 2.45. The highest BCUT2D eigenvalue weighted by molar-refractivity contribution is 7.61. The van der Waals surface area contributed by atoms with Crippen molar-refractivity contribution in [3.63, 3.8) is 0 Å². The molecule has 6 heteroatoms. The van der Waals surface area contributed by atoms with Crippen LogP contribution >= 0.6 is 17.2 Å². The first kappa shape index (κ1) is 29.4. The van der Waals surface area contributed by atoms with Crippen molar-refractivity contribution in [2.75, 3.05) is 6.16 Å². The zero-order valence-corrected chi connectivity index (χ0v) is 27.0. The molecular weight excluding hydrogens is 538 g/mol. The lowest BCUT2D eigenvalue weighted by Gasteiger charge is -2.43. The standard InChI is InChI=1S/C35H40N4P2/c1-33(2,3)41(34(4,5)6)24-28-29(35(40,30-22-36-17-19-38-30)31-23-37-18-20-39-31)21-27(25-13-9-7-10-14-25)32(28)26-15-11-8-12-16-26/h7-23,32H,24,40H2,1-6H3. The molecule has 0 spiro atoms. The molecule has 4 aromatic rings. The predicted octanol–water partition coefficient (Wildman–Crippen LogP) is 8.64. The average molecular weight is 579 g/mol. The normalized spacial score (nSPS) is 16.3. The van der Waals surface area contributed by atoms with Gasteiger partial charge in [0, 0.05) is 30.7 Å². The van der Waals surface area contributed by atoms with Gasteiger partial charge in [-0.05, 0) is 44.3 Å². The summed E-state index contributed by atoms with van der Waals surface area (Å²) in [7, 11) is 2.70. The topological polar surface area (TPSA) is 51.6 Å². The van der Waals surface area contributed by atoms with Crippen LogP contribution < -0.4 is 0 Å². The predicted molar refractivity (Wildman–Crippen MR) is 176 cm³/mol. The Morgan fingerprint density at radius 2 is 1.22 bits per heavy atom. The van der Waals surface area contributed by atoms with Crippen LogP contribution in [0.25, 0.3) is 5.57 Å². The molecule has 2 aromatic carbocycles. The number of hydrogen-bond acceptors (Lipinski definition) is 4. The van der Waals surface area contributed by atoms with Crippen LogP contribution in [0.1, 0.15) is 70.0 Å². The largest absolute Gasteiger partial charge is 0.261 e. The van der Waals surface area contributed by atoms with Gasteiger partial charge in [0.2, 0.25) is 0 Å². The molecule has 0 N–H and O–H groups in total. The second kappa shape index (κ2) is 11.7. The van der Waals surface area contributed by atoms with E-state index < -0.39 is 13.1 Å². The summed E-state index contributed by atoms with van der Waals surface area (Å²) < 4.78 is 0. The van der Waals surface area contributed by atoms with Crippen LogP contribution in [-0.2, 0) is 5.16 Å². The molecule has 0 amide bonds. The minimum absolute atomic E-state index is 0.108. The fourth-order valence-corrected chi connectivity index (χ4v) is 10.4. The summed E-state index contributed by atoms with van der Waals surface area (Å²) in [4.78, 5) is 18.7. The zero-order chi connectivity index (χ0) is 29.3. The lowest BCUT2D eigenvalue weighted by atomic mass is 9.83. The Bertz CT molecular complexity index is 1470. The van der Waals surface area contributed by atoms with Crippen LogP contribution in [0.5, 0.6) is 0 Å². The molecule has 5 rings (SSSR count). The molecule has 1 aliphatic carbocycles. The van der Waals surface area contributed by atoms with Crippen molar-refractivity contribution in [2.45, 2.75) is 62.9 Å². The minimum atomic E-state index is -0.724. The lowest BCUT2D eigenvalue weighted by Crippen LogP contribution is -2.30. The molecule has 2 unspecified atom stereocenters. The number of hydrogen-bond donors (Lipinski definition) is 0. The molecule has 2 atom stereocenters. The van der Waals surface area contributed by atoms with E-state index in [0.29, 0.717) is 0 Å². The maximum absolute atomic E-state index is 4.87. The van der Waals surface area contributed by atoms with Gasteiger partial charge in [-0.25, -0.2) is 0 Å². The van der Waals surface area contributed by atoms with Gasteiger partial charge in [-0.1, -0.05) is 116 Å². The van der Waals surface area contributed by atoms with Crippen LogP contribution in [-0.4, -0.2) is 36.4 Å². The summed E-state index contributed by atoms with van der Waals surface area (Å²) in [6.07, 6.45) is 14.2. The molecule has 41 heavy (non-hydrogen) atoms. The van der Waals surface area contributed by atoms with Gasteiger partial charge >= 0.3 is 0 Å². The minimum Gasteiger partial charge on any atom is -0.261 e. The van der Waals surface area contributed by atoms with Gasteiger partial charge in [0.05, 0.1) is 28.9 Å². The van der Waals surface area contributed by atoms with E-state index in [2.05, 4.69) is 127 Å². The molecule has 0 aliphatic heterocycles. The van der Waals surface area contributed by atoms with E-state index >= 15 is 0 Å². The summed E-state index contributed by atoms with van der Waals surface area (Å²) in [5.74, 6) is 0.108. The molecule has 0 saturated carbocycles. The number of allylic oxidation sites excluding steroid dienone is 4. The summed E-state index contributed by atoms with van der Waals surface area (Å²) in [5, 5.41) is -0.408. The van der Waals surface area contributed by atoms with Crippen molar-refractivity contribution >= 4 is 22.7 Å². The van der Waals surface area contributed by atoms with Gasteiger partial charge in [0.25, 0.3) is 0 Å². The third kappa shape index (κ3) is 5.97. The third-order valence-corrected chi connectivity index (χ3v) is 12.7. The molecular formula is C35H40N4P2. The van der Waals surface area contributed by atoms with Crippen LogP contribution in [0.4, 0.5) is 0 Å². The van der Waals surface area contributed by atoms with Crippen LogP contribution in [0, 0.1) is 0 Å². The highest BCUT2D eigenvalue weighted by atomic mass is 31.1. The molecule has 1 aliphatic rings. The highest BCUT2D eigenvalue weighted by Crippen LogP contribution is 2.64. The Balaban J connectivity index is 1.86. The number of nitrogens with zero attached hydrogens (tertiary/aromatic N) is 4. The van der Waals surface area contributed by atoms with Gasteiger partial charge in [0.15, 0.2) is 0 Å². The third-order valence-electron chi connectivity index (χ3n) is 7.85. The average Bonchev–Trinajstić information content (AvgIpc) is 3.36. The van der Waals surface area contributed by atoms with Crippen molar-refractivity contribution < 1.29 is 0 Å². The van der Waals surface area contributed by atoms with Gasteiger partial charge < -0.3 is 0 Å². The quantitative estimate of drug-likeness (QED) is 0.206. The SMILES string of the molecule is CC(C)(C)P(CC1=C(C(P)(c2cnccn2)c2cnccn2)C=C(c2ccccc2)C1c1ccccc1)C(C)(C)C. The van der Waals surface area contributed by atoms with Crippen molar-refractivity contribution in [3.8, 4) is 0 Å². The zero-order valence-electron chi connectivity index (χ0n) is 24.9. The second-order valence-corrected chi connectivity index (χ2v) is 17.4. The monoisotopic (exact) mass is 578 g/mol. The number of aromatic nitrogens is 4. The Morgan fingerprint density at radius 3 is 1.68 bits per heavy atom. The summed E-state index contributed by atoms with van der Waals surface area (Å²) in [6.45, 7) is 14.4. The Kier molecular flexibility index (Phi) is 8.38. The van der Waals surface area contributed by atoms with E-state index in [0.717, 1.165) is 17.5 Å². The molecule has 210 valence electrons. The van der Waals surface area contributed by atoms with Crippen molar-refractivity contribution in [3.05, 3.63) is 138 Å². The smallest absolute Gasteiger partial charge is 0.0964 e.